The van der Waals surface area contributed by atoms with Crippen molar-refractivity contribution in [3.8, 4) is 22.6 Å². The van der Waals surface area contributed by atoms with E-state index in [2.05, 4.69) is 14.7 Å². The molecule has 3 aromatic rings. The van der Waals surface area contributed by atoms with E-state index in [0.29, 0.717) is 0 Å². The molecule has 1 aromatic heterocycles. The molecule has 9 heteroatoms. The van der Waals surface area contributed by atoms with E-state index in [0.717, 1.165) is 0 Å². The second kappa shape index (κ2) is 8.02. The Morgan fingerprint density at radius 3 is 2.53 bits per heavy atom. The van der Waals surface area contributed by atoms with Crippen molar-refractivity contribution < 1.29 is 46.6 Å². The van der Waals surface area contributed by atoms with E-state index >= 15 is 0 Å². The highest BCUT2D eigenvalue weighted by Gasteiger charge is 2.31. The summed E-state index contributed by atoms with van der Waals surface area (Å²) in [6.07, 6.45) is -7.01. The molecule has 30 heavy (non-hydrogen) atoms. The standard InChI is InChI=1S/C21H16F3N3O3/c22-21(23,24)30-16-5-2-14(3-6-16)15-4-7-18-17(12-15)20(28)27(10-11-29-18)13-19-25-8-1-9-26-19/h1-9,12H,10-11,13H2/i1D,2D,3D,4D,5D,6D,7D,8D,9D,10D2,11D2,12D. The fraction of sp³-hybridized carbons (Fsp3) is 0.190. The molecule has 0 bridgehead atoms. The predicted octanol–water partition coefficient (Wildman–Crippen LogP) is 4.08. The minimum atomic E-state index is -5.43. The Kier molecular flexibility index (Phi) is 2.41. The van der Waals surface area contributed by atoms with Crippen molar-refractivity contribution in [3.63, 3.8) is 0 Å². The summed E-state index contributed by atoms with van der Waals surface area (Å²) >= 11 is 0. The van der Waals surface area contributed by atoms with Gasteiger partial charge in [0.1, 0.15) is 23.9 Å². The summed E-state index contributed by atoms with van der Waals surface area (Å²) < 4.78 is 161. The second-order valence-electron chi connectivity index (χ2n) is 5.40. The number of benzene rings is 2. The van der Waals surface area contributed by atoms with Crippen molar-refractivity contribution in [1.82, 2.24) is 14.9 Å². The smallest absolute Gasteiger partial charge is 0.491 e. The van der Waals surface area contributed by atoms with Gasteiger partial charge in [0.05, 0.1) is 37.8 Å². The van der Waals surface area contributed by atoms with Crippen LogP contribution in [-0.2, 0) is 6.54 Å². The first kappa shape index (κ1) is 9.03. The van der Waals surface area contributed by atoms with Gasteiger partial charge in [-0.2, -0.15) is 0 Å². The normalized spacial score (nSPS) is 24.0. The molecule has 0 saturated heterocycles. The van der Waals surface area contributed by atoms with Crippen LogP contribution in [0.1, 0.15) is 35.4 Å². The van der Waals surface area contributed by atoms with Crippen LogP contribution in [0.5, 0.6) is 11.5 Å². The molecule has 1 aliphatic rings. The maximum Gasteiger partial charge on any atom is 0.573 e. The van der Waals surface area contributed by atoms with E-state index in [1.165, 1.54) is 0 Å². The number of hydrogen-bond donors (Lipinski definition) is 0. The molecule has 0 aliphatic carbocycles. The first-order chi connectivity index (χ1) is 20.0. The molecule has 0 N–H and O–H groups in total. The zero-order valence-corrected chi connectivity index (χ0v) is 14.4. The average molecular weight is 429 g/mol. The Morgan fingerprint density at radius 2 is 1.83 bits per heavy atom. The molecule has 154 valence electrons. The number of rotatable bonds is 4. The van der Waals surface area contributed by atoms with E-state index in [1.807, 2.05) is 0 Å². The Hall–Kier alpha value is -3.62. The minimum Gasteiger partial charge on any atom is -0.491 e. The first-order valence-electron chi connectivity index (χ1n) is 14.8. The number of amides is 1. The summed E-state index contributed by atoms with van der Waals surface area (Å²) in [6.45, 7) is -8.08. The number of carbonyl (C=O) groups excluding carboxylic acids is 1. The maximum atomic E-state index is 13.8. The van der Waals surface area contributed by atoms with Gasteiger partial charge in [0, 0.05) is 12.3 Å². The van der Waals surface area contributed by atoms with Crippen LogP contribution < -0.4 is 9.47 Å². The van der Waals surface area contributed by atoms with E-state index in [4.69, 9.17) is 23.9 Å². The highest BCUT2D eigenvalue weighted by atomic mass is 19.4. The topological polar surface area (TPSA) is 64.6 Å². The van der Waals surface area contributed by atoms with E-state index in [1.54, 1.807) is 0 Å². The monoisotopic (exact) mass is 429 g/mol. The highest BCUT2D eigenvalue weighted by molar-refractivity contribution is 5.98. The summed E-state index contributed by atoms with van der Waals surface area (Å²) in [4.78, 5) is 21.1. The van der Waals surface area contributed by atoms with Crippen LogP contribution in [0.4, 0.5) is 13.2 Å². The van der Waals surface area contributed by atoms with Crippen LogP contribution in [0.3, 0.4) is 0 Å². The molecular weight excluding hydrogens is 399 g/mol. The SMILES string of the molecule is [2H]c1nc(CN2C(=O)c3c([2H])c(-c4c([2H])c([2H])c(OC(F)(F)F)c([2H])c4[2H])c([2H])c([2H])c3OC([2H])([2H])C2([2H])[2H])nc([2H])c1[2H]. The van der Waals surface area contributed by atoms with E-state index in [9.17, 15) is 18.0 Å². The number of halogens is 3. The predicted molar refractivity (Wildman–Crippen MR) is 101 cm³/mol. The largest absolute Gasteiger partial charge is 0.573 e. The van der Waals surface area contributed by atoms with Crippen LogP contribution in [0.25, 0.3) is 11.1 Å². The lowest BCUT2D eigenvalue weighted by Crippen LogP contribution is -2.32. The van der Waals surface area contributed by atoms with Gasteiger partial charge in [-0.3, -0.25) is 4.79 Å². The third-order valence-corrected chi connectivity index (χ3v) is 3.42. The molecule has 1 amide bonds. The average Bonchev–Trinajstić information content (AvgIpc) is 2.95. The second-order valence-corrected chi connectivity index (χ2v) is 5.40. The number of aromatic nitrogens is 2. The van der Waals surface area contributed by atoms with Crippen LogP contribution in [0.15, 0.2) is 60.7 Å². The van der Waals surface area contributed by atoms with Gasteiger partial charge in [-0.15, -0.1) is 13.2 Å². The number of nitrogens with zero attached hydrogens (tertiary/aromatic N) is 3. The summed E-state index contributed by atoms with van der Waals surface area (Å²) in [7, 11) is 0. The molecule has 1 aliphatic heterocycles. The van der Waals surface area contributed by atoms with Crippen molar-refractivity contribution >= 4 is 5.91 Å². The number of hydrogen-bond acceptors (Lipinski definition) is 5. The number of carbonyl (C=O) groups is 1. The van der Waals surface area contributed by atoms with Gasteiger partial charge in [-0.1, -0.05) is 18.1 Å². The third kappa shape index (κ3) is 4.51. The molecular formula is C21H16F3N3O3. The molecule has 0 unspecified atom stereocenters. The third-order valence-electron chi connectivity index (χ3n) is 3.42. The molecule has 0 saturated carbocycles. The number of fused-ring (bicyclic) bond motifs is 1. The summed E-state index contributed by atoms with van der Waals surface area (Å²) in [6, 6.07) is -9.51. The molecule has 0 atom stereocenters. The van der Waals surface area contributed by atoms with Crippen molar-refractivity contribution in [2.45, 2.75) is 12.9 Å². The minimum absolute atomic E-state index is 0.0941. The lowest BCUT2D eigenvalue weighted by atomic mass is 10.0. The lowest BCUT2D eigenvalue weighted by molar-refractivity contribution is -0.274. The number of alkyl halides is 3. The lowest BCUT2D eigenvalue weighted by Gasteiger charge is -2.19. The fourth-order valence-corrected chi connectivity index (χ4v) is 2.21. The maximum absolute atomic E-state index is 13.8. The van der Waals surface area contributed by atoms with E-state index in [-0.39, 0.29) is 4.90 Å². The van der Waals surface area contributed by atoms with Crippen LogP contribution >= 0.6 is 0 Å². The van der Waals surface area contributed by atoms with Crippen LogP contribution in [-0.4, -0.2) is 40.2 Å². The molecule has 0 fully saturated rings. The van der Waals surface area contributed by atoms with Gasteiger partial charge in [0.2, 0.25) is 0 Å². The zero-order chi connectivity index (χ0) is 33.4. The van der Waals surface area contributed by atoms with Crippen LogP contribution in [0, 0.1) is 0 Å². The van der Waals surface area contributed by atoms with Gasteiger partial charge in [0.25, 0.3) is 5.91 Å². The summed E-state index contributed by atoms with van der Waals surface area (Å²) in [5, 5.41) is 0. The van der Waals surface area contributed by atoms with Gasteiger partial charge >= 0.3 is 6.36 Å². The van der Waals surface area contributed by atoms with Gasteiger partial charge in [0.15, 0.2) is 0 Å². The molecule has 6 nitrogen and oxygen atoms in total. The summed E-state index contributed by atoms with van der Waals surface area (Å²) in [5.41, 5.74) is -3.09. The first-order valence-corrected chi connectivity index (χ1v) is 7.85. The molecule has 0 radical (unpaired) electrons. The Labute approximate surface area is 189 Å². The van der Waals surface area contributed by atoms with Gasteiger partial charge in [-0.05, 0) is 41.3 Å². The molecule has 2 aromatic carbocycles. The Balaban J connectivity index is 2.03. The van der Waals surface area contributed by atoms with Crippen LogP contribution in [0.2, 0.25) is 0 Å². The van der Waals surface area contributed by atoms with Gasteiger partial charge in [-0.25, -0.2) is 9.97 Å². The Bertz CT molecular complexity index is 1690. The zero-order valence-electron chi connectivity index (χ0n) is 28.4. The fourth-order valence-electron chi connectivity index (χ4n) is 2.21. The molecule has 0 spiro atoms. The summed E-state index contributed by atoms with van der Waals surface area (Å²) in [5.74, 6) is -4.87. The quantitative estimate of drug-likeness (QED) is 0.625. The highest BCUT2D eigenvalue weighted by Crippen LogP contribution is 2.31. The van der Waals surface area contributed by atoms with Crippen molar-refractivity contribution in [2.75, 3.05) is 13.1 Å². The van der Waals surface area contributed by atoms with Crippen molar-refractivity contribution in [3.05, 3.63) is 72.1 Å². The Morgan fingerprint density at radius 1 is 1.13 bits per heavy atom. The van der Waals surface area contributed by atoms with E-state index < -0.39 is 127 Å². The number of ether oxygens (including phenoxy) is 2. The molecule has 4 rings (SSSR count). The molecule has 2 heterocycles. The van der Waals surface area contributed by atoms with Crippen molar-refractivity contribution in [1.29, 1.82) is 0 Å². The van der Waals surface area contributed by atoms with Crippen molar-refractivity contribution in [2.24, 2.45) is 0 Å². The van der Waals surface area contributed by atoms with Gasteiger partial charge < -0.3 is 14.4 Å².